The molecular formula is C16H27N3O2S. The van der Waals surface area contributed by atoms with Gasteiger partial charge in [0.25, 0.3) is 0 Å². The molecule has 22 heavy (non-hydrogen) atoms. The van der Waals surface area contributed by atoms with Crippen LogP contribution in [0, 0.1) is 5.92 Å². The van der Waals surface area contributed by atoms with Gasteiger partial charge in [0.05, 0.1) is 4.90 Å². The summed E-state index contributed by atoms with van der Waals surface area (Å²) in [6.45, 7) is 4.07. The third kappa shape index (κ3) is 4.29. The van der Waals surface area contributed by atoms with Crippen LogP contribution in [-0.4, -0.2) is 58.4 Å². The minimum atomic E-state index is -3.35. The maximum absolute atomic E-state index is 12.2. The quantitative estimate of drug-likeness (QED) is 0.858. The van der Waals surface area contributed by atoms with Crippen molar-refractivity contribution in [2.45, 2.75) is 24.3 Å². The van der Waals surface area contributed by atoms with Gasteiger partial charge in [-0.25, -0.2) is 12.7 Å². The highest BCUT2D eigenvalue weighted by molar-refractivity contribution is 7.89. The van der Waals surface area contributed by atoms with Crippen molar-refractivity contribution in [1.82, 2.24) is 14.5 Å². The molecule has 0 bridgehead atoms. The average molecular weight is 325 g/mol. The van der Waals surface area contributed by atoms with Crippen molar-refractivity contribution in [3.63, 3.8) is 0 Å². The molecule has 0 aromatic heterocycles. The fourth-order valence-corrected chi connectivity index (χ4v) is 3.88. The second kappa shape index (κ2) is 7.55. The van der Waals surface area contributed by atoms with E-state index in [9.17, 15) is 8.42 Å². The third-order valence-electron chi connectivity index (χ3n) is 4.28. The number of nitrogens with zero attached hydrogens (tertiary/aromatic N) is 2. The topological polar surface area (TPSA) is 52.7 Å². The van der Waals surface area contributed by atoms with E-state index in [1.54, 1.807) is 26.2 Å². The van der Waals surface area contributed by atoms with E-state index >= 15 is 0 Å². The van der Waals surface area contributed by atoms with Gasteiger partial charge in [0.1, 0.15) is 0 Å². The van der Waals surface area contributed by atoms with Gasteiger partial charge in [-0.15, -0.1) is 0 Å². The zero-order chi connectivity index (χ0) is 16.2. The first-order valence-corrected chi connectivity index (χ1v) is 9.26. The van der Waals surface area contributed by atoms with Crippen LogP contribution in [0.4, 0.5) is 0 Å². The van der Waals surface area contributed by atoms with E-state index in [0.717, 1.165) is 37.7 Å². The monoisotopic (exact) mass is 325 g/mol. The fourth-order valence-electron chi connectivity index (χ4n) is 2.91. The molecule has 1 fully saturated rings. The van der Waals surface area contributed by atoms with Crippen LogP contribution < -0.4 is 5.32 Å². The van der Waals surface area contributed by atoms with Crippen LogP contribution in [0.25, 0.3) is 0 Å². The lowest BCUT2D eigenvalue weighted by Crippen LogP contribution is -2.36. The SMILES string of the molecule is CNCC1CCN(Cc2cccc(S(=O)(=O)N(C)C)c2)CC1. The Labute approximate surface area is 134 Å². The fraction of sp³-hybridized carbons (Fsp3) is 0.625. The summed E-state index contributed by atoms with van der Waals surface area (Å²) in [6, 6.07) is 7.31. The van der Waals surface area contributed by atoms with E-state index < -0.39 is 10.0 Å². The molecule has 0 saturated carbocycles. The lowest BCUT2D eigenvalue weighted by atomic mass is 9.96. The van der Waals surface area contributed by atoms with Gasteiger partial charge in [-0.3, -0.25) is 4.90 Å². The number of nitrogens with one attached hydrogen (secondary N) is 1. The molecule has 0 unspecified atom stereocenters. The Morgan fingerprint density at radius 3 is 2.55 bits per heavy atom. The molecule has 6 heteroatoms. The summed E-state index contributed by atoms with van der Waals surface area (Å²) in [5.74, 6) is 0.765. The first-order chi connectivity index (χ1) is 10.4. The predicted octanol–water partition coefficient (Wildman–Crippen LogP) is 1.37. The van der Waals surface area contributed by atoms with E-state index in [1.165, 1.54) is 17.1 Å². The van der Waals surface area contributed by atoms with Crippen LogP contribution in [0.2, 0.25) is 0 Å². The number of hydrogen-bond acceptors (Lipinski definition) is 4. The molecule has 1 aromatic carbocycles. The van der Waals surface area contributed by atoms with E-state index in [2.05, 4.69) is 10.2 Å². The standard InChI is InChI=1S/C16H27N3O2S/c1-17-12-14-7-9-19(10-8-14)13-15-5-4-6-16(11-15)22(20,21)18(2)3/h4-6,11,14,17H,7-10,12-13H2,1-3H3. The molecule has 1 aromatic rings. The second-order valence-corrected chi connectivity index (χ2v) is 8.36. The molecule has 1 aliphatic rings. The Morgan fingerprint density at radius 1 is 1.27 bits per heavy atom. The maximum atomic E-state index is 12.2. The summed E-state index contributed by atoms with van der Waals surface area (Å²) in [4.78, 5) is 2.79. The van der Waals surface area contributed by atoms with E-state index in [0.29, 0.717) is 4.90 Å². The molecule has 1 N–H and O–H groups in total. The van der Waals surface area contributed by atoms with Crippen LogP contribution in [0.5, 0.6) is 0 Å². The minimum Gasteiger partial charge on any atom is -0.319 e. The van der Waals surface area contributed by atoms with Crippen molar-refractivity contribution in [3.05, 3.63) is 29.8 Å². The lowest BCUT2D eigenvalue weighted by Gasteiger charge is -2.32. The van der Waals surface area contributed by atoms with Gasteiger partial charge in [-0.2, -0.15) is 0 Å². The summed E-state index contributed by atoms with van der Waals surface area (Å²) < 4.78 is 25.7. The summed E-state index contributed by atoms with van der Waals surface area (Å²) in [6.07, 6.45) is 2.41. The number of benzene rings is 1. The number of hydrogen-bond donors (Lipinski definition) is 1. The van der Waals surface area contributed by atoms with Gasteiger partial charge >= 0.3 is 0 Å². The van der Waals surface area contributed by atoms with Crippen LogP contribution in [0.3, 0.4) is 0 Å². The van der Waals surface area contributed by atoms with Crippen molar-refractivity contribution in [1.29, 1.82) is 0 Å². The van der Waals surface area contributed by atoms with Crippen LogP contribution in [0.15, 0.2) is 29.2 Å². The molecule has 124 valence electrons. The number of piperidine rings is 1. The van der Waals surface area contributed by atoms with E-state index in [4.69, 9.17) is 0 Å². The van der Waals surface area contributed by atoms with Gasteiger partial charge in [-0.1, -0.05) is 12.1 Å². The highest BCUT2D eigenvalue weighted by atomic mass is 32.2. The number of rotatable bonds is 6. The predicted molar refractivity (Wildman–Crippen MR) is 89.2 cm³/mol. The molecule has 1 saturated heterocycles. The minimum absolute atomic E-state index is 0.375. The second-order valence-electron chi connectivity index (χ2n) is 6.21. The van der Waals surface area contributed by atoms with Crippen molar-refractivity contribution in [2.75, 3.05) is 40.8 Å². The number of likely N-dealkylation sites (tertiary alicyclic amines) is 1. The van der Waals surface area contributed by atoms with Crippen molar-refractivity contribution < 1.29 is 8.42 Å². The van der Waals surface area contributed by atoms with Gasteiger partial charge in [0.2, 0.25) is 10.0 Å². The van der Waals surface area contributed by atoms with Crippen LogP contribution in [0.1, 0.15) is 18.4 Å². The Hall–Kier alpha value is -0.950. The Morgan fingerprint density at radius 2 is 1.95 bits per heavy atom. The zero-order valence-electron chi connectivity index (χ0n) is 13.7. The van der Waals surface area contributed by atoms with Crippen molar-refractivity contribution >= 4 is 10.0 Å². The molecule has 0 atom stereocenters. The van der Waals surface area contributed by atoms with Crippen LogP contribution in [-0.2, 0) is 16.6 Å². The first-order valence-electron chi connectivity index (χ1n) is 7.82. The third-order valence-corrected chi connectivity index (χ3v) is 6.09. The highest BCUT2D eigenvalue weighted by Crippen LogP contribution is 2.20. The van der Waals surface area contributed by atoms with Crippen LogP contribution >= 0.6 is 0 Å². The van der Waals surface area contributed by atoms with E-state index in [1.807, 2.05) is 19.2 Å². The number of sulfonamides is 1. The van der Waals surface area contributed by atoms with Gasteiger partial charge in [0.15, 0.2) is 0 Å². The maximum Gasteiger partial charge on any atom is 0.242 e. The Balaban J connectivity index is 2.00. The van der Waals surface area contributed by atoms with E-state index in [-0.39, 0.29) is 0 Å². The van der Waals surface area contributed by atoms with Crippen molar-refractivity contribution in [2.24, 2.45) is 5.92 Å². The molecule has 1 heterocycles. The summed E-state index contributed by atoms with van der Waals surface area (Å²) >= 11 is 0. The molecule has 0 aliphatic carbocycles. The first kappa shape index (κ1) is 17.4. The average Bonchev–Trinajstić information content (AvgIpc) is 2.50. The lowest BCUT2D eigenvalue weighted by molar-refractivity contribution is 0.176. The smallest absolute Gasteiger partial charge is 0.242 e. The Kier molecular flexibility index (Phi) is 5.97. The Bertz CT molecular complexity index is 579. The zero-order valence-corrected chi connectivity index (χ0v) is 14.6. The largest absolute Gasteiger partial charge is 0.319 e. The van der Waals surface area contributed by atoms with Crippen molar-refractivity contribution in [3.8, 4) is 0 Å². The molecule has 2 rings (SSSR count). The highest BCUT2D eigenvalue weighted by Gasteiger charge is 2.20. The van der Waals surface area contributed by atoms with Gasteiger partial charge in [-0.05, 0) is 63.1 Å². The summed E-state index contributed by atoms with van der Waals surface area (Å²) in [5, 5.41) is 3.25. The van der Waals surface area contributed by atoms with Gasteiger partial charge in [0, 0.05) is 20.6 Å². The molecule has 0 amide bonds. The molecular weight excluding hydrogens is 298 g/mol. The van der Waals surface area contributed by atoms with Gasteiger partial charge < -0.3 is 5.32 Å². The molecule has 5 nitrogen and oxygen atoms in total. The summed E-state index contributed by atoms with van der Waals surface area (Å²) in [5.41, 5.74) is 1.06. The normalized spacial score (nSPS) is 18.0. The molecule has 0 radical (unpaired) electrons. The molecule has 0 spiro atoms. The summed E-state index contributed by atoms with van der Waals surface area (Å²) in [7, 11) is 1.78. The molecule has 1 aliphatic heterocycles.